The van der Waals surface area contributed by atoms with Gasteiger partial charge in [-0.1, -0.05) is 162 Å². The topological polar surface area (TPSA) is 357 Å². The third kappa shape index (κ3) is 25.2. The van der Waals surface area contributed by atoms with Crippen molar-refractivity contribution in [3.63, 3.8) is 0 Å². The fraction of sp³-hybridized carbons (Fsp3) is 0.318. The number of para-hydroxylation sites is 3. The predicted molar refractivity (Wildman–Crippen MR) is 587 cm³/mol. The summed E-state index contributed by atoms with van der Waals surface area (Å²) in [7, 11) is 14.8. The molecule has 3 aliphatic rings. The number of benzene rings is 6. The van der Waals surface area contributed by atoms with Crippen molar-refractivity contribution in [2.75, 3.05) is 139 Å². The Hall–Kier alpha value is -14.5. The number of nitrogens with zero attached hydrogens (tertiary/aromatic N) is 15. The fourth-order valence-electron chi connectivity index (χ4n) is 18.3. The van der Waals surface area contributed by atoms with E-state index in [1.165, 1.54) is 67.0 Å². The second-order valence-corrected chi connectivity index (χ2v) is 37.9. The number of anilines is 6. The van der Waals surface area contributed by atoms with Crippen LogP contribution < -0.4 is 61.0 Å². The molecule has 3 atom stereocenters. The Bertz CT molecular complexity index is 7540. The van der Waals surface area contributed by atoms with Crippen LogP contribution in [0.2, 0.25) is 30.1 Å². The van der Waals surface area contributed by atoms with E-state index < -0.39 is 16.7 Å². The second kappa shape index (κ2) is 50.5. The number of ether oxygens (including phenoxy) is 6. The van der Waals surface area contributed by atoms with E-state index in [1.54, 1.807) is 97.2 Å². The number of halogens is 6. The number of hydrogen-bond donors (Lipinski definition) is 3. The van der Waals surface area contributed by atoms with Gasteiger partial charge in [0.25, 0.3) is 28.5 Å². The number of methoxy groups -OCH3 is 6. The lowest BCUT2D eigenvalue weighted by Crippen LogP contribution is -2.54. The van der Waals surface area contributed by atoms with Crippen LogP contribution in [0.1, 0.15) is 66.5 Å². The number of piperazine rings is 3. The molecule has 149 heavy (non-hydrogen) atoms. The van der Waals surface area contributed by atoms with Gasteiger partial charge < -0.3 is 68.9 Å². The summed E-state index contributed by atoms with van der Waals surface area (Å²) in [6.45, 7) is 29.5. The molecule has 0 radical (unpaired) electrons. The van der Waals surface area contributed by atoms with Crippen molar-refractivity contribution < 1.29 is 57.2 Å². The number of rotatable bonds is 34. The van der Waals surface area contributed by atoms with Crippen molar-refractivity contribution in [2.24, 2.45) is 0 Å². The number of aryl methyl sites for hydroxylation is 6. The monoisotopic (exact) mass is 2140 g/mol. The summed E-state index contributed by atoms with van der Waals surface area (Å²) < 4.78 is 37.6. The highest BCUT2D eigenvalue weighted by molar-refractivity contribution is 6.43. The molecule has 39 heteroatoms. The first kappa shape index (κ1) is 112. The number of amides is 3. The van der Waals surface area contributed by atoms with Crippen LogP contribution in [0, 0.1) is 44.5 Å². The van der Waals surface area contributed by atoms with E-state index in [-0.39, 0.29) is 208 Å². The normalized spacial score (nSPS) is 14.6. The quantitative estimate of drug-likeness (QED) is 0.0249. The third-order valence-corrected chi connectivity index (χ3v) is 28.5. The van der Waals surface area contributed by atoms with E-state index in [9.17, 15) is 43.2 Å². The number of carbonyl (C=O) groups excluding carboxylic acids is 6. The Morgan fingerprint density at radius 2 is 0.711 bits per heavy atom. The van der Waals surface area contributed by atoms with E-state index in [2.05, 4.69) is 95.6 Å². The van der Waals surface area contributed by atoms with Crippen molar-refractivity contribution in [3.05, 3.63) is 255 Å². The number of likely N-dealkylation sites (N-methyl/N-ethyl adjacent to an activating group) is 3. The van der Waals surface area contributed by atoms with Crippen LogP contribution in [-0.4, -0.2) is 249 Å². The van der Waals surface area contributed by atoms with Crippen LogP contribution in [0.4, 0.5) is 34.9 Å². The minimum absolute atomic E-state index is 0.0580. The first-order chi connectivity index (χ1) is 71.5. The zero-order valence-electron chi connectivity index (χ0n) is 85.1. The predicted octanol–water partition coefficient (Wildman–Crippen LogP) is 17.2. The molecular formula is C110H114Cl6N18O15. The van der Waals surface area contributed by atoms with Gasteiger partial charge >= 0.3 is 0 Å². The van der Waals surface area contributed by atoms with Crippen molar-refractivity contribution in [1.29, 1.82) is 0 Å². The lowest BCUT2D eigenvalue weighted by Gasteiger charge is -2.39. The molecule has 33 nitrogen and oxygen atoms in total. The highest BCUT2D eigenvalue weighted by atomic mass is 35.5. The number of carbonyl (C=O) groups is 6. The first-order valence-electron chi connectivity index (χ1n) is 47.5. The number of pyridine rings is 3. The van der Waals surface area contributed by atoms with Crippen LogP contribution in [-0.2, 0) is 67.7 Å². The molecule has 3 aliphatic heterocycles. The molecule has 0 aliphatic carbocycles. The van der Waals surface area contributed by atoms with E-state index in [4.69, 9.17) is 113 Å². The maximum Gasteiger partial charge on any atom is 0.298 e. The standard InChI is InChI=1S/2C37H38Cl2N6O5.C36H38Cl2N6O5/c1-7-10-30(47)44-16-15-43(4)25(21-44)13-14-45-35-24(18-27(36(45)48)31-32(38)28(49-5)19-29(50-6)33(31)39)20-40-37(42-35)41-34-22(3)11-9-12-23(34)17-26(46)8-2;1-7-10-30(47)44-16-15-43(4)21-25(44)13-14-45-35-24(18-27(36(45)48)31-32(38)28(49-5)19-29(50-6)33(31)39)20-40-37(42-35)41-34-22(3)11-9-12-23(34)17-26(46)8-2;1-7-25(45)16-22-11-9-10-21(3)33(22)40-36-39-19-23-17-26(30-31(37)27(48-5)18-28(49-6)32(30)38)35(47)44(34(23)41-36)13-12-24-20-42(4)14-15-43(24)29(46)8-2/h2*8-9,11-12,18-20,25H,2,13-17,21H2,1,3-6H3,(H,40,41,42);7-11,17-19,24H,1-2,12-16,20H2,3-6H3,(H,39,40,41). The Morgan fingerprint density at radius 3 is 1.02 bits per heavy atom. The van der Waals surface area contributed by atoms with Gasteiger partial charge in [0.1, 0.15) is 51.4 Å². The van der Waals surface area contributed by atoms with Crippen molar-refractivity contribution in [3.8, 4) is 91.6 Å². The van der Waals surface area contributed by atoms with E-state index in [0.29, 0.717) is 122 Å². The number of hydrogen-bond acceptors (Lipinski definition) is 27. The zero-order valence-corrected chi connectivity index (χ0v) is 89.6. The molecule has 6 aromatic carbocycles. The maximum atomic E-state index is 14.6. The summed E-state index contributed by atoms with van der Waals surface area (Å²) in [4.78, 5) is 159. The van der Waals surface area contributed by atoms with E-state index >= 15 is 0 Å². The Kier molecular flexibility index (Phi) is 37.8. The molecule has 12 aromatic rings. The largest absolute Gasteiger partial charge is 0.495 e. The highest BCUT2D eigenvalue weighted by Gasteiger charge is 2.35. The number of aromatic nitrogens is 9. The van der Waals surface area contributed by atoms with Gasteiger partial charge in [-0.3, -0.25) is 61.8 Å². The van der Waals surface area contributed by atoms with Crippen LogP contribution >= 0.6 is 69.6 Å². The van der Waals surface area contributed by atoms with Gasteiger partial charge in [-0.25, -0.2) is 15.0 Å². The Balaban J connectivity index is 0.000000186. The van der Waals surface area contributed by atoms with Gasteiger partial charge in [-0.2, -0.15) is 15.0 Å². The van der Waals surface area contributed by atoms with E-state index in [0.717, 1.165) is 39.9 Å². The molecule has 3 N–H and O–H groups in total. The zero-order chi connectivity index (χ0) is 108. The summed E-state index contributed by atoms with van der Waals surface area (Å²) in [5.41, 5.74) is 8.23. The summed E-state index contributed by atoms with van der Waals surface area (Å²) in [5, 5.41) is 12.4. The maximum absolute atomic E-state index is 14.6. The molecule has 6 aromatic heterocycles. The van der Waals surface area contributed by atoms with Crippen LogP contribution in [0.3, 0.4) is 0 Å². The Morgan fingerprint density at radius 1 is 0.403 bits per heavy atom. The van der Waals surface area contributed by atoms with Gasteiger partial charge in [0.15, 0.2) is 17.3 Å². The van der Waals surface area contributed by atoms with Crippen LogP contribution in [0.25, 0.3) is 66.5 Å². The van der Waals surface area contributed by atoms with Gasteiger partial charge in [0, 0.05) is 203 Å². The molecular weight excluding hydrogens is 2030 g/mol. The molecule has 3 amide bonds. The van der Waals surface area contributed by atoms with Crippen LogP contribution in [0.15, 0.2) is 175 Å². The summed E-state index contributed by atoms with van der Waals surface area (Å²) in [5.74, 6) is 12.1. The molecule has 0 bridgehead atoms. The summed E-state index contributed by atoms with van der Waals surface area (Å²) in [6.07, 6.45) is 11.9. The minimum atomic E-state index is -0.412. The number of fused-ring (bicyclic) bond motifs is 3. The van der Waals surface area contributed by atoms with Gasteiger partial charge in [0.05, 0.1) is 89.5 Å². The lowest BCUT2D eigenvalue weighted by atomic mass is 10.0. The smallest absolute Gasteiger partial charge is 0.298 e. The fourth-order valence-corrected chi connectivity index (χ4v) is 20.4. The minimum Gasteiger partial charge on any atom is -0.495 e. The highest BCUT2D eigenvalue weighted by Crippen LogP contribution is 2.50. The first-order valence-corrected chi connectivity index (χ1v) is 49.8. The summed E-state index contributed by atoms with van der Waals surface area (Å²) >= 11 is 40.8. The molecule has 3 fully saturated rings. The molecule has 3 unspecified atom stereocenters. The molecule has 15 rings (SSSR count). The Labute approximate surface area is 892 Å². The van der Waals surface area contributed by atoms with Crippen LogP contribution in [0.5, 0.6) is 34.5 Å². The number of nitrogens with one attached hydrogen (secondary N) is 3. The number of ketones is 3. The molecule has 3 saturated heterocycles. The van der Waals surface area contributed by atoms with E-state index in [1.807, 2.05) is 96.5 Å². The van der Waals surface area contributed by atoms with Gasteiger partial charge in [-0.05, 0) is 163 Å². The van der Waals surface area contributed by atoms with Crippen molar-refractivity contribution >= 4 is 173 Å². The third-order valence-electron chi connectivity index (χ3n) is 26.3. The van der Waals surface area contributed by atoms with Gasteiger partial charge in [0.2, 0.25) is 23.8 Å². The average molecular weight is 2140 g/mol. The summed E-state index contributed by atoms with van der Waals surface area (Å²) in [6, 6.07) is 26.1. The molecule has 9 heterocycles. The molecule has 776 valence electrons. The van der Waals surface area contributed by atoms with Crippen molar-refractivity contribution in [2.45, 2.75) is 111 Å². The second-order valence-electron chi connectivity index (χ2n) is 35.6. The molecule has 0 saturated carbocycles. The van der Waals surface area contributed by atoms with Gasteiger partial charge in [-0.15, -0.1) is 0 Å². The lowest BCUT2D eigenvalue weighted by molar-refractivity contribution is -0.131. The molecule has 0 spiro atoms. The van der Waals surface area contributed by atoms with Crippen molar-refractivity contribution in [1.82, 2.24) is 73.0 Å². The SMILES string of the molecule is C=CC(=O)Cc1cccc(C)c1Nc1ncc2cc(-c3c(Cl)c(OC)cc(OC)c3Cl)c(=O)n(CCC3CN(C(=O)C#CC)CCN3C)c2n1.C=CC(=O)Cc1cccc(C)c1Nc1ncc2cc(-c3c(Cl)c(OC)cc(OC)c3Cl)c(=O)n(CCC3CN(C)CCN3C(=O)C#CC)c2n1.C=CC(=O)Cc1cccc(C)c1Nc1ncc2cc(-c3c(Cl)c(OC)cc(OC)c3Cl)c(=O)n(CCC3CN(C)CCN3C(=O)C=C)c2n1. The number of allylic oxidation sites excluding steroid dienone is 3. The average Bonchev–Trinajstić information content (AvgIpc) is 0.755.